The van der Waals surface area contributed by atoms with Gasteiger partial charge < -0.3 is 0 Å². The Morgan fingerprint density at radius 1 is 1.50 bits per heavy atom. The maximum atomic E-state index is 2.43. The third-order valence-electron chi connectivity index (χ3n) is 1.41. The van der Waals surface area contributed by atoms with Gasteiger partial charge in [0.1, 0.15) is 0 Å². The van der Waals surface area contributed by atoms with Crippen LogP contribution in [-0.4, -0.2) is 0 Å². The Hall–Kier alpha value is 0.168. The van der Waals surface area contributed by atoms with Gasteiger partial charge >= 0.3 is 56.5 Å². The summed E-state index contributed by atoms with van der Waals surface area (Å²) in [4.78, 5) is 0. The van der Waals surface area contributed by atoms with E-state index >= 15 is 0 Å². The molecule has 47 valence electrons. The van der Waals surface area contributed by atoms with Crippen molar-refractivity contribution in [1.82, 2.24) is 0 Å². The van der Waals surface area contributed by atoms with Gasteiger partial charge in [-0.1, -0.05) is 0 Å². The average molecular weight is 193 g/mol. The summed E-state index contributed by atoms with van der Waals surface area (Å²) >= 11 is -0.909. The molecule has 0 aromatic rings. The first-order valence-corrected chi connectivity index (χ1v) is 9.11. The van der Waals surface area contributed by atoms with E-state index < -0.39 is 17.3 Å². The van der Waals surface area contributed by atoms with E-state index in [0.29, 0.717) is 0 Å². The molecule has 1 aliphatic carbocycles. The van der Waals surface area contributed by atoms with Crippen LogP contribution in [-0.2, 0) is 17.3 Å². The fraction of sp³-hybridized carbons (Fsp3) is 0.429. The molecule has 0 atom stereocenters. The van der Waals surface area contributed by atoms with E-state index in [4.69, 9.17) is 0 Å². The molecule has 0 saturated carbocycles. The molecule has 0 saturated heterocycles. The van der Waals surface area contributed by atoms with Crippen molar-refractivity contribution in [3.63, 3.8) is 0 Å². The van der Waals surface area contributed by atoms with Crippen molar-refractivity contribution < 1.29 is 17.3 Å². The molecule has 0 nitrogen and oxygen atoms in total. The van der Waals surface area contributed by atoms with E-state index in [1.165, 1.54) is 6.42 Å². The summed E-state index contributed by atoms with van der Waals surface area (Å²) in [5.74, 6) is 0. The van der Waals surface area contributed by atoms with Gasteiger partial charge in [-0.25, -0.2) is 0 Å². The van der Waals surface area contributed by atoms with E-state index in [0.717, 1.165) is 0 Å². The van der Waals surface area contributed by atoms with Crippen LogP contribution >= 0.6 is 0 Å². The fourth-order valence-electron chi connectivity index (χ4n) is 0.818. The predicted octanol–water partition coefficient (Wildman–Crippen LogP) is 2.01. The Bertz CT molecular complexity index is 131. The van der Waals surface area contributed by atoms with Crippen LogP contribution in [0, 0.1) is 0 Å². The van der Waals surface area contributed by atoms with Crippen LogP contribution in [0.25, 0.3) is 0 Å². The molecule has 1 rings (SSSR count). The first kappa shape index (κ1) is 6.29. The summed E-state index contributed by atoms with van der Waals surface area (Å²) in [6.07, 6.45) is 8.00. The number of hydrogen-bond acceptors (Lipinski definition) is 0. The molecular formula is C7H13Mo. The molecule has 0 aliphatic heterocycles. The second-order valence-electron chi connectivity index (χ2n) is 2.32. The SMILES string of the molecule is [CH3][MoH2]([CH3])[C]1=CC=CC1. The van der Waals surface area contributed by atoms with Crippen LogP contribution in [0.3, 0.4) is 0 Å². The van der Waals surface area contributed by atoms with Crippen LogP contribution in [0.5, 0.6) is 0 Å². The van der Waals surface area contributed by atoms with Crippen molar-refractivity contribution in [1.29, 1.82) is 0 Å². The van der Waals surface area contributed by atoms with Gasteiger partial charge in [0.15, 0.2) is 0 Å². The molecule has 0 spiro atoms. The van der Waals surface area contributed by atoms with Gasteiger partial charge in [-0.2, -0.15) is 0 Å². The summed E-state index contributed by atoms with van der Waals surface area (Å²) < 4.78 is 1.76. The topological polar surface area (TPSA) is 0 Å². The molecule has 8 heavy (non-hydrogen) atoms. The van der Waals surface area contributed by atoms with Gasteiger partial charge in [0.25, 0.3) is 0 Å². The number of rotatable bonds is 1. The zero-order valence-corrected chi connectivity index (χ0v) is 7.90. The van der Waals surface area contributed by atoms with Crippen LogP contribution < -0.4 is 0 Å². The molecule has 0 N–H and O–H groups in total. The van der Waals surface area contributed by atoms with Crippen molar-refractivity contribution in [2.24, 2.45) is 0 Å². The maximum absolute atomic E-state index is 2.43. The molecule has 1 heteroatoms. The summed E-state index contributed by atoms with van der Waals surface area (Å²) in [7, 11) is 0. The van der Waals surface area contributed by atoms with E-state index in [9.17, 15) is 0 Å². The van der Waals surface area contributed by atoms with Crippen LogP contribution in [0.2, 0.25) is 10.6 Å². The molecule has 0 amide bonds. The van der Waals surface area contributed by atoms with E-state index in [1.54, 1.807) is 3.96 Å². The predicted molar refractivity (Wildman–Crippen MR) is 36.4 cm³/mol. The van der Waals surface area contributed by atoms with Crippen molar-refractivity contribution in [2.45, 2.75) is 17.0 Å². The standard InChI is InChI=1S/C5H5.2CH3.Mo.2H/c1-2-4-5-3-1;;;;;/h1-3H,4H2;2*1H3;;;. The van der Waals surface area contributed by atoms with E-state index in [2.05, 4.69) is 28.9 Å². The minimum absolute atomic E-state index is 0.909. The second-order valence-corrected chi connectivity index (χ2v) is 8.82. The Labute approximate surface area is 56.8 Å². The van der Waals surface area contributed by atoms with Gasteiger partial charge in [-0.05, 0) is 0 Å². The Kier molecular flexibility index (Phi) is 2.07. The third kappa shape index (κ3) is 1.32. The molecule has 0 aromatic carbocycles. The van der Waals surface area contributed by atoms with Crippen molar-refractivity contribution in [3.05, 3.63) is 22.2 Å². The van der Waals surface area contributed by atoms with Gasteiger partial charge in [-0.3, -0.25) is 0 Å². The van der Waals surface area contributed by atoms with Gasteiger partial charge in [-0.15, -0.1) is 0 Å². The van der Waals surface area contributed by atoms with Crippen LogP contribution in [0.4, 0.5) is 0 Å². The Balaban J connectivity index is 2.51. The van der Waals surface area contributed by atoms with Crippen molar-refractivity contribution in [3.8, 4) is 0 Å². The normalized spacial score (nSPS) is 18.8. The molecule has 0 heterocycles. The number of allylic oxidation sites excluding steroid dienone is 4. The molecular weight excluding hydrogens is 180 g/mol. The summed E-state index contributed by atoms with van der Waals surface area (Å²) in [5.41, 5.74) is 0. The molecule has 0 radical (unpaired) electrons. The number of hydrogen-bond donors (Lipinski definition) is 0. The van der Waals surface area contributed by atoms with E-state index in [-0.39, 0.29) is 0 Å². The van der Waals surface area contributed by atoms with Crippen LogP contribution in [0.15, 0.2) is 22.2 Å². The zero-order valence-electron chi connectivity index (χ0n) is 5.44. The molecule has 0 unspecified atom stereocenters. The average Bonchev–Trinajstić information content (AvgIpc) is 2.12. The van der Waals surface area contributed by atoms with E-state index in [1.807, 2.05) is 0 Å². The minimum atomic E-state index is -0.909. The molecule has 0 bridgehead atoms. The molecule has 1 aliphatic rings. The van der Waals surface area contributed by atoms with Gasteiger partial charge in [0.05, 0.1) is 0 Å². The molecule has 0 fully saturated rings. The third-order valence-corrected chi connectivity index (χ3v) is 5.48. The quantitative estimate of drug-likeness (QED) is 0.559. The molecule has 0 aromatic heterocycles. The van der Waals surface area contributed by atoms with Gasteiger partial charge in [0, 0.05) is 0 Å². The first-order chi connectivity index (χ1) is 3.80. The van der Waals surface area contributed by atoms with Crippen molar-refractivity contribution >= 4 is 0 Å². The monoisotopic (exact) mass is 195 g/mol. The fourth-order valence-corrected chi connectivity index (χ4v) is 3.17. The first-order valence-electron chi connectivity index (χ1n) is 2.97. The van der Waals surface area contributed by atoms with Gasteiger partial charge in [0.2, 0.25) is 0 Å². The van der Waals surface area contributed by atoms with Crippen molar-refractivity contribution in [2.75, 3.05) is 0 Å². The summed E-state index contributed by atoms with van der Waals surface area (Å²) in [5, 5.41) is 4.86. The Morgan fingerprint density at radius 3 is 2.50 bits per heavy atom. The summed E-state index contributed by atoms with van der Waals surface area (Å²) in [6, 6.07) is 0. The summed E-state index contributed by atoms with van der Waals surface area (Å²) in [6.45, 7) is 0. The Morgan fingerprint density at radius 2 is 2.25 bits per heavy atom. The second kappa shape index (κ2) is 2.64. The van der Waals surface area contributed by atoms with Crippen LogP contribution in [0.1, 0.15) is 6.42 Å². The zero-order chi connectivity index (χ0) is 5.98.